The first-order valence-electron chi connectivity index (χ1n) is 10.4. The molecule has 2 aliphatic heterocycles. The lowest BCUT2D eigenvalue weighted by molar-refractivity contribution is -0.115. The maximum atomic E-state index is 11.8. The molecule has 0 unspecified atom stereocenters. The molecule has 1 N–H and O–H groups in total. The number of hydrogen-bond acceptors (Lipinski definition) is 9. The van der Waals surface area contributed by atoms with Gasteiger partial charge in [0.05, 0.1) is 17.6 Å². The Hall–Kier alpha value is -3.60. The first-order valence-corrected chi connectivity index (χ1v) is 11.2. The highest BCUT2D eigenvalue weighted by molar-refractivity contribution is 8.18. The minimum atomic E-state index is -0.415. The summed E-state index contributed by atoms with van der Waals surface area (Å²) in [7, 11) is 0. The average Bonchev–Trinajstić information content (AvgIpc) is 3.11. The van der Waals surface area contributed by atoms with Gasteiger partial charge in [-0.15, -0.1) is 0 Å². The van der Waals surface area contributed by atoms with Crippen LogP contribution in [-0.2, 0) is 9.53 Å². The summed E-state index contributed by atoms with van der Waals surface area (Å²) in [5.41, 5.74) is 0.707. The van der Waals surface area contributed by atoms with Gasteiger partial charge in [-0.1, -0.05) is 12.1 Å². The van der Waals surface area contributed by atoms with Crippen molar-refractivity contribution in [2.75, 3.05) is 19.7 Å². The third-order valence-corrected chi connectivity index (χ3v) is 5.70. The second-order valence-corrected chi connectivity index (χ2v) is 8.24. The Balaban J connectivity index is 1.36. The standard InChI is InChI=1S/C22H22N4O6S/c1-2-30-22(29)26-8-6-15(7-9-26)31-18-12-19(24-13-23-18)32-16-5-3-4-14(10-16)11-17-20(27)25-21(28)33-17/h3-5,10-13,15H,2,6-9H2,1H3,(H,25,27,28)/b17-11-. The smallest absolute Gasteiger partial charge is 0.409 e. The molecule has 3 amide bonds. The summed E-state index contributed by atoms with van der Waals surface area (Å²) >= 11 is 0.856. The van der Waals surface area contributed by atoms with Crippen molar-refractivity contribution in [3.63, 3.8) is 0 Å². The molecular formula is C22H22N4O6S. The van der Waals surface area contributed by atoms with E-state index in [0.29, 0.717) is 60.5 Å². The Morgan fingerprint density at radius 2 is 2.00 bits per heavy atom. The number of piperidine rings is 1. The number of imide groups is 1. The molecule has 0 atom stereocenters. The highest BCUT2D eigenvalue weighted by atomic mass is 32.2. The number of likely N-dealkylation sites (tertiary alicyclic amines) is 1. The summed E-state index contributed by atoms with van der Waals surface area (Å²) in [6, 6.07) is 8.66. The molecule has 1 aromatic heterocycles. The maximum absolute atomic E-state index is 11.8. The van der Waals surface area contributed by atoms with Crippen LogP contribution in [0.5, 0.6) is 17.5 Å². The van der Waals surface area contributed by atoms with Crippen molar-refractivity contribution in [2.24, 2.45) is 0 Å². The lowest BCUT2D eigenvalue weighted by Gasteiger charge is -2.31. The van der Waals surface area contributed by atoms with Crippen molar-refractivity contribution < 1.29 is 28.6 Å². The fourth-order valence-corrected chi connectivity index (χ4v) is 4.03. The number of carbonyl (C=O) groups is 3. The van der Waals surface area contributed by atoms with Crippen LogP contribution in [0.15, 0.2) is 41.6 Å². The van der Waals surface area contributed by atoms with Crippen LogP contribution in [0, 0.1) is 0 Å². The average molecular weight is 471 g/mol. The highest BCUT2D eigenvalue weighted by Crippen LogP contribution is 2.28. The zero-order valence-electron chi connectivity index (χ0n) is 17.9. The molecule has 1 aromatic carbocycles. The van der Waals surface area contributed by atoms with E-state index in [0.717, 1.165) is 11.8 Å². The van der Waals surface area contributed by atoms with Crippen molar-refractivity contribution >= 4 is 35.1 Å². The van der Waals surface area contributed by atoms with Gasteiger partial charge in [0, 0.05) is 25.9 Å². The van der Waals surface area contributed by atoms with Crippen LogP contribution in [0.25, 0.3) is 6.08 Å². The molecule has 0 spiro atoms. The monoisotopic (exact) mass is 470 g/mol. The molecule has 2 saturated heterocycles. The molecule has 0 radical (unpaired) electrons. The van der Waals surface area contributed by atoms with Gasteiger partial charge in [0.2, 0.25) is 11.8 Å². The third-order valence-electron chi connectivity index (χ3n) is 4.89. The maximum Gasteiger partial charge on any atom is 0.409 e. The number of nitrogens with zero attached hydrogens (tertiary/aromatic N) is 3. The largest absolute Gasteiger partial charge is 0.474 e. The minimum Gasteiger partial charge on any atom is -0.474 e. The summed E-state index contributed by atoms with van der Waals surface area (Å²) in [4.78, 5) is 45.2. The Morgan fingerprint density at radius 1 is 1.21 bits per heavy atom. The Bertz CT molecular complexity index is 1080. The molecule has 33 heavy (non-hydrogen) atoms. The molecule has 3 heterocycles. The van der Waals surface area contributed by atoms with Crippen molar-refractivity contribution in [2.45, 2.75) is 25.9 Å². The first kappa shape index (κ1) is 22.6. The van der Waals surface area contributed by atoms with Crippen molar-refractivity contribution in [1.29, 1.82) is 0 Å². The van der Waals surface area contributed by atoms with E-state index in [1.165, 1.54) is 6.33 Å². The van der Waals surface area contributed by atoms with E-state index >= 15 is 0 Å². The molecule has 2 aromatic rings. The zero-order chi connectivity index (χ0) is 23.2. The minimum absolute atomic E-state index is 0.0776. The summed E-state index contributed by atoms with van der Waals surface area (Å²) < 4.78 is 16.8. The number of ether oxygens (including phenoxy) is 3. The van der Waals surface area contributed by atoms with E-state index in [1.807, 2.05) is 0 Å². The molecule has 10 nitrogen and oxygen atoms in total. The van der Waals surface area contributed by atoms with Crippen molar-refractivity contribution in [3.05, 3.63) is 47.1 Å². The molecule has 2 fully saturated rings. The lowest BCUT2D eigenvalue weighted by Crippen LogP contribution is -2.42. The van der Waals surface area contributed by atoms with E-state index in [-0.39, 0.29) is 12.2 Å². The second-order valence-electron chi connectivity index (χ2n) is 7.22. The molecule has 0 saturated carbocycles. The van der Waals surface area contributed by atoms with Gasteiger partial charge in [0.15, 0.2) is 0 Å². The third kappa shape index (κ3) is 6.01. The van der Waals surface area contributed by atoms with Gasteiger partial charge < -0.3 is 19.1 Å². The molecule has 4 rings (SSSR count). The number of nitrogens with one attached hydrogen (secondary N) is 1. The first-order chi connectivity index (χ1) is 16.0. The number of thioether (sulfide) groups is 1. The topological polar surface area (TPSA) is 120 Å². The van der Waals surface area contributed by atoms with Gasteiger partial charge in [-0.3, -0.25) is 14.9 Å². The predicted octanol–water partition coefficient (Wildman–Crippen LogP) is 3.59. The van der Waals surface area contributed by atoms with Crippen LogP contribution < -0.4 is 14.8 Å². The normalized spacial score (nSPS) is 17.7. The fraction of sp³-hybridized carbons (Fsp3) is 0.318. The number of hydrogen-bond donors (Lipinski definition) is 1. The Morgan fingerprint density at radius 3 is 2.73 bits per heavy atom. The van der Waals surface area contributed by atoms with Gasteiger partial charge in [-0.05, 0) is 42.5 Å². The highest BCUT2D eigenvalue weighted by Gasteiger charge is 2.26. The summed E-state index contributed by atoms with van der Waals surface area (Å²) in [6.07, 6.45) is 3.94. The Kier molecular flexibility index (Phi) is 7.08. The van der Waals surface area contributed by atoms with Gasteiger partial charge in [-0.2, -0.15) is 0 Å². The molecule has 11 heteroatoms. The fourth-order valence-electron chi connectivity index (χ4n) is 3.35. The van der Waals surface area contributed by atoms with Gasteiger partial charge >= 0.3 is 6.09 Å². The van der Waals surface area contributed by atoms with E-state index in [9.17, 15) is 14.4 Å². The van der Waals surface area contributed by atoms with E-state index in [2.05, 4.69) is 15.3 Å². The number of aromatic nitrogens is 2. The molecular weight excluding hydrogens is 448 g/mol. The SMILES string of the molecule is CCOC(=O)N1CCC(Oc2cc(Oc3cccc(/C=C4\SC(=O)NC4=O)c3)ncn2)CC1. The van der Waals surface area contributed by atoms with Crippen LogP contribution in [0.1, 0.15) is 25.3 Å². The van der Waals surface area contributed by atoms with Crippen molar-refractivity contribution in [1.82, 2.24) is 20.2 Å². The second kappa shape index (κ2) is 10.3. The number of rotatable bonds is 6. The quantitative estimate of drug-likeness (QED) is 0.631. The van der Waals surface area contributed by atoms with Gasteiger partial charge in [0.1, 0.15) is 18.2 Å². The van der Waals surface area contributed by atoms with E-state index in [1.54, 1.807) is 48.2 Å². The predicted molar refractivity (Wildman–Crippen MR) is 120 cm³/mol. The van der Waals surface area contributed by atoms with Gasteiger partial charge in [-0.25, -0.2) is 14.8 Å². The molecule has 172 valence electrons. The van der Waals surface area contributed by atoms with Crippen LogP contribution >= 0.6 is 11.8 Å². The molecule has 2 aliphatic rings. The zero-order valence-corrected chi connectivity index (χ0v) is 18.7. The number of amides is 3. The summed E-state index contributed by atoms with van der Waals surface area (Å²) in [6.45, 7) is 3.25. The molecule has 0 aliphatic carbocycles. The van der Waals surface area contributed by atoms with Gasteiger partial charge in [0.25, 0.3) is 11.1 Å². The lowest BCUT2D eigenvalue weighted by atomic mass is 10.1. The van der Waals surface area contributed by atoms with Crippen LogP contribution in [0.2, 0.25) is 0 Å². The van der Waals surface area contributed by atoms with Crippen LogP contribution in [0.4, 0.5) is 9.59 Å². The summed E-state index contributed by atoms with van der Waals surface area (Å²) in [5.74, 6) is 0.774. The number of benzene rings is 1. The Labute approximate surface area is 194 Å². The van der Waals surface area contributed by atoms with E-state index < -0.39 is 11.1 Å². The van der Waals surface area contributed by atoms with E-state index in [4.69, 9.17) is 14.2 Å². The van der Waals surface area contributed by atoms with Crippen LogP contribution in [-0.4, -0.2) is 57.9 Å². The van der Waals surface area contributed by atoms with Crippen molar-refractivity contribution in [3.8, 4) is 17.5 Å². The number of carbonyl (C=O) groups excluding carboxylic acids is 3. The molecule has 0 bridgehead atoms. The van der Waals surface area contributed by atoms with Crippen LogP contribution in [0.3, 0.4) is 0 Å². The summed E-state index contributed by atoms with van der Waals surface area (Å²) in [5, 5.41) is 1.83.